The molecule has 0 radical (unpaired) electrons. The number of nitrogens with zero attached hydrogens (tertiary/aromatic N) is 2. The minimum atomic E-state index is -3.07. The number of hydrogen-bond donors (Lipinski definition) is 0. The summed E-state index contributed by atoms with van der Waals surface area (Å²) in [6, 6.07) is 17.7. The van der Waals surface area contributed by atoms with Gasteiger partial charge in [-0.3, -0.25) is 0 Å². The van der Waals surface area contributed by atoms with Crippen molar-refractivity contribution >= 4 is 38.5 Å². The fourth-order valence-corrected chi connectivity index (χ4v) is 6.31. The molecule has 2 atom stereocenters. The lowest BCUT2D eigenvalue weighted by atomic mass is 10.1. The van der Waals surface area contributed by atoms with Crippen LogP contribution in [0.25, 0.3) is 0 Å². The Labute approximate surface area is 154 Å². The standard InChI is InChI=1S/C19H20N2O2S2/c1-2-14-8-6-7-11-16(14)21-18-13-25(22,23)12-17(18)20(19(21)24)15-9-4-3-5-10-15/h3-11,17-18H,2,12-13H2,1H3/t17-,18-/m0/s1. The monoisotopic (exact) mass is 372 g/mol. The second kappa shape index (κ2) is 6.11. The summed E-state index contributed by atoms with van der Waals surface area (Å²) in [7, 11) is -3.07. The van der Waals surface area contributed by atoms with E-state index in [9.17, 15) is 8.42 Å². The van der Waals surface area contributed by atoms with Crippen molar-refractivity contribution in [3.63, 3.8) is 0 Å². The highest BCUT2D eigenvalue weighted by Gasteiger charge is 2.52. The highest BCUT2D eigenvalue weighted by molar-refractivity contribution is 7.91. The number of sulfone groups is 1. The van der Waals surface area contributed by atoms with Crippen molar-refractivity contribution in [3.8, 4) is 0 Å². The van der Waals surface area contributed by atoms with E-state index in [-0.39, 0.29) is 23.6 Å². The third kappa shape index (κ3) is 2.73. The summed E-state index contributed by atoms with van der Waals surface area (Å²) in [6.07, 6.45) is 0.880. The van der Waals surface area contributed by atoms with Crippen LogP contribution in [0.3, 0.4) is 0 Å². The van der Waals surface area contributed by atoms with Gasteiger partial charge in [0, 0.05) is 11.4 Å². The molecule has 2 aliphatic heterocycles. The molecule has 130 valence electrons. The quantitative estimate of drug-likeness (QED) is 0.775. The minimum absolute atomic E-state index is 0.134. The Balaban J connectivity index is 1.84. The molecule has 2 saturated heterocycles. The number of rotatable bonds is 3. The molecule has 0 spiro atoms. The summed E-state index contributed by atoms with van der Waals surface area (Å²) < 4.78 is 24.7. The molecular formula is C19H20N2O2S2. The van der Waals surface area contributed by atoms with E-state index in [1.165, 1.54) is 5.56 Å². The third-order valence-corrected chi connectivity index (χ3v) is 7.13. The Bertz CT molecular complexity index is 912. The van der Waals surface area contributed by atoms with Crippen molar-refractivity contribution in [1.29, 1.82) is 0 Å². The number of hydrogen-bond acceptors (Lipinski definition) is 3. The second-order valence-electron chi connectivity index (χ2n) is 6.55. The average Bonchev–Trinajstić information content (AvgIpc) is 3.04. The summed E-state index contributed by atoms with van der Waals surface area (Å²) in [5.41, 5.74) is 3.17. The van der Waals surface area contributed by atoms with Crippen LogP contribution >= 0.6 is 12.2 Å². The molecular weight excluding hydrogens is 352 g/mol. The zero-order chi connectivity index (χ0) is 17.6. The van der Waals surface area contributed by atoms with Crippen LogP contribution in [-0.4, -0.2) is 37.1 Å². The first-order valence-corrected chi connectivity index (χ1v) is 10.7. The van der Waals surface area contributed by atoms with Crippen molar-refractivity contribution in [2.45, 2.75) is 25.4 Å². The summed E-state index contributed by atoms with van der Waals surface area (Å²) in [4.78, 5) is 4.09. The second-order valence-corrected chi connectivity index (χ2v) is 9.07. The normalized spacial score (nSPS) is 24.6. The highest BCUT2D eigenvalue weighted by atomic mass is 32.2. The van der Waals surface area contributed by atoms with Gasteiger partial charge in [-0.25, -0.2) is 8.42 Å². The number of benzene rings is 2. The van der Waals surface area contributed by atoms with Crippen molar-refractivity contribution < 1.29 is 8.42 Å². The minimum Gasteiger partial charge on any atom is -0.312 e. The van der Waals surface area contributed by atoms with Gasteiger partial charge < -0.3 is 9.80 Å². The van der Waals surface area contributed by atoms with Crippen LogP contribution in [0.1, 0.15) is 12.5 Å². The number of para-hydroxylation sites is 2. The van der Waals surface area contributed by atoms with Crippen LogP contribution in [0.4, 0.5) is 11.4 Å². The van der Waals surface area contributed by atoms with E-state index >= 15 is 0 Å². The van der Waals surface area contributed by atoms with Gasteiger partial charge in [-0.15, -0.1) is 0 Å². The number of thiocarbonyl (C=S) groups is 1. The molecule has 2 fully saturated rings. The van der Waals surface area contributed by atoms with E-state index in [0.717, 1.165) is 17.8 Å². The molecule has 2 aromatic rings. The zero-order valence-electron chi connectivity index (χ0n) is 14.0. The zero-order valence-corrected chi connectivity index (χ0v) is 15.6. The lowest BCUT2D eigenvalue weighted by molar-refractivity contribution is 0.601. The smallest absolute Gasteiger partial charge is 0.181 e. The fraction of sp³-hybridized carbons (Fsp3) is 0.316. The summed E-state index contributed by atoms with van der Waals surface area (Å²) in [5, 5.41) is 0.692. The maximum Gasteiger partial charge on any atom is 0.181 e. The molecule has 2 aliphatic rings. The maximum atomic E-state index is 12.4. The van der Waals surface area contributed by atoms with Gasteiger partial charge in [-0.05, 0) is 42.4 Å². The highest BCUT2D eigenvalue weighted by Crippen LogP contribution is 2.39. The van der Waals surface area contributed by atoms with Crippen LogP contribution < -0.4 is 9.80 Å². The van der Waals surface area contributed by atoms with Crippen molar-refractivity contribution in [1.82, 2.24) is 0 Å². The van der Waals surface area contributed by atoms with Crippen LogP contribution in [0.15, 0.2) is 54.6 Å². The molecule has 0 aliphatic carbocycles. The molecule has 0 amide bonds. The van der Waals surface area contributed by atoms with Crippen LogP contribution in [0, 0.1) is 0 Å². The Kier molecular flexibility index (Phi) is 4.04. The lowest BCUT2D eigenvalue weighted by Crippen LogP contribution is -2.38. The molecule has 2 aromatic carbocycles. The van der Waals surface area contributed by atoms with Gasteiger partial charge >= 0.3 is 0 Å². The van der Waals surface area contributed by atoms with E-state index in [2.05, 4.69) is 17.9 Å². The third-order valence-electron chi connectivity index (χ3n) is 5.04. The first-order chi connectivity index (χ1) is 12.0. The van der Waals surface area contributed by atoms with Gasteiger partial charge in [-0.1, -0.05) is 43.3 Å². The van der Waals surface area contributed by atoms with Gasteiger partial charge in [0.25, 0.3) is 0 Å². The maximum absolute atomic E-state index is 12.4. The summed E-state index contributed by atoms with van der Waals surface area (Å²) in [5.74, 6) is 0.302. The van der Waals surface area contributed by atoms with Crippen LogP contribution in [0.5, 0.6) is 0 Å². The molecule has 0 bridgehead atoms. The van der Waals surface area contributed by atoms with Gasteiger partial charge in [0.15, 0.2) is 14.9 Å². The van der Waals surface area contributed by atoms with Crippen molar-refractivity contribution in [2.24, 2.45) is 0 Å². The largest absolute Gasteiger partial charge is 0.312 e. The number of fused-ring (bicyclic) bond motifs is 1. The SMILES string of the molecule is CCc1ccccc1N1C(=S)N(c2ccccc2)[C@H]2CS(=O)(=O)C[C@@H]21. The van der Waals surface area contributed by atoms with Gasteiger partial charge in [0.2, 0.25) is 0 Å². The lowest BCUT2D eigenvalue weighted by Gasteiger charge is -2.27. The van der Waals surface area contributed by atoms with E-state index in [1.54, 1.807) is 0 Å². The predicted molar refractivity (Wildman–Crippen MR) is 106 cm³/mol. The molecule has 0 N–H and O–H groups in total. The molecule has 0 aromatic heterocycles. The van der Waals surface area contributed by atoms with Gasteiger partial charge in [-0.2, -0.15) is 0 Å². The summed E-state index contributed by atoms with van der Waals surface area (Å²) in [6.45, 7) is 2.11. The molecule has 2 heterocycles. The first kappa shape index (κ1) is 16.5. The number of aryl methyl sites for hydroxylation is 1. The first-order valence-electron chi connectivity index (χ1n) is 8.47. The Morgan fingerprint density at radius 3 is 2.24 bits per heavy atom. The van der Waals surface area contributed by atoms with Crippen LogP contribution in [-0.2, 0) is 16.3 Å². The molecule has 4 rings (SSSR count). The Morgan fingerprint density at radius 1 is 0.960 bits per heavy atom. The summed E-state index contributed by atoms with van der Waals surface area (Å²) >= 11 is 5.82. The van der Waals surface area contributed by atoms with Crippen molar-refractivity contribution in [2.75, 3.05) is 21.3 Å². The van der Waals surface area contributed by atoms with Crippen molar-refractivity contribution in [3.05, 3.63) is 60.2 Å². The molecule has 6 heteroatoms. The predicted octanol–water partition coefficient (Wildman–Crippen LogP) is 3.03. The van der Waals surface area contributed by atoms with Gasteiger partial charge in [0.05, 0.1) is 23.6 Å². The molecule has 0 unspecified atom stereocenters. The van der Waals surface area contributed by atoms with Crippen LogP contribution in [0.2, 0.25) is 0 Å². The Hall–Kier alpha value is -1.92. The molecule has 0 saturated carbocycles. The van der Waals surface area contributed by atoms with E-state index in [1.807, 2.05) is 53.4 Å². The Morgan fingerprint density at radius 2 is 1.56 bits per heavy atom. The van der Waals surface area contributed by atoms with E-state index < -0.39 is 9.84 Å². The topological polar surface area (TPSA) is 40.6 Å². The van der Waals surface area contributed by atoms with E-state index in [0.29, 0.717) is 5.11 Å². The number of anilines is 2. The fourth-order valence-electron chi connectivity index (χ4n) is 3.92. The van der Waals surface area contributed by atoms with Gasteiger partial charge in [0.1, 0.15) is 0 Å². The average molecular weight is 373 g/mol. The molecule has 25 heavy (non-hydrogen) atoms. The van der Waals surface area contributed by atoms with E-state index in [4.69, 9.17) is 12.2 Å². The molecule has 4 nitrogen and oxygen atoms in total.